The van der Waals surface area contributed by atoms with Crippen molar-refractivity contribution in [2.45, 2.75) is 57.2 Å². The molecule has 0 aromatic heterocycles. The van der Waals surface area contributed by atoms with Gasteiger partial charge in [0.25, 0.3) is 0 Å². The zero-order chi connectivity index (χ0) is 21.2. The normalized spacial score (nSPS) is 20.5. The zero-order valence-corrected chi connectivity index (χ0v) is 15.9. The van der Waals surface area contributed by atoms with Crippen molar-refractivity contribution in [2.24, 2.45) is 5.92 Å². The van der Waals surface area contributed by atoms with E-state index in [9.17, 15) is 26.3 Å². The second-order valence-electron chi connectivity index (χ2n) is 7.51. The lowest BCUT2D eigenvalue weighted by molar-refractivity contribution is -0.186. The van der Waals surface area contributed by atoms with Crippen LogP contribution in [-0.4, -0.2) is 0 Å². The Morgan fingerprint density at radius 1 is 0.897 bits per heavy atom. The predicted octanol–water partition coefficient (Wildman–Crippen LogP) is 7.66. The van der Waals surface area contributed by atoms with Crippen molar-refractivity contribution in [1.29, 1.82) is 0 Å². The van der Waals surface area contributed by atoms with Crippen LogP contribution in [0.5, 0.6) is 5.75 Å². The summed E-state index contributed by atoms with van der Waals surface area (Å²) < 4.78 is 84.7. The van der Waals surface area contributed by atoms with E-state index in [1.165, 1.54) is 18.6 Å². The van der Waals surface area contributed by atoms with Gasteiger partial charge in [-0.2, -0.15) is 22.0 Å². The Kier molecular flexibility index (Phi) is 6.15. The van der Waals surface area contributed by atoms with E-state index in [2.05, 4.69) is 11.7 Å². The summed E-state index contributed by atoms with van der Waals surface area (Å²) in [6.45, 7) is 2.18. The third-order valence-electron chi connectivity index (χ3n) is 5.63. The highest BCUT2D eigenvalue weighted by atomic mass is 19.4. The molecule has 7 heteroatoms. The highest BCUT2D eigenvalue weighted by Crippen LogP contribution is 2.39. The minimum atomic E-state index is -4.95. The van der Waals surface area contributed by atoms with E-state index in [1.807, 2.05) is 0 Å². The molecule has 1 aliphatic rings. The smallest absolute Gasteiger partial charge is 0.426 e. The van der Waals surface area contributed by atoms with Gasteiger partial charge in [-0.25, -0.2) is 4.39 Å². The summed E-state index contributed by atoms with van der Waals surface area (Å²) in [5.74, 6) is -0.773. The highest BCUT2D eigenvalue weighted by Gasteiger charge is 2.39. The Hall–Kier alpha value is -2.18. The van der Waals surface area contributed by atoms with Gasteiger partial charge >= 0.3 is 12.3 Å². The summed E-state index contributed by atoms with van der Waals surface area (Å²) >= 11 is 0. The number of hydrogen-bond acceptors (Lipinski definition) is 1. The molecule has 0 unspecified atom stereocenters. The largest absolute Gasteiger partial charge is 0.429 e. The molecule has 3 rings (SSSR count). The number of rotatable bonds is 5. The summed E-state index contributed by atoms with van der Waals surface area (Å²) in [7, 11) is 0. The molecule has 29 heavy (non-hydrogen) atoms. The van der Waals surface area contributed by atoms with Gasteiger partial charge in [0.15, 0.2) is 0 Å². The summed E-state index contributed by atoms with van der Waals surface area (Å²) in [6, 6.07) is 7.25. The quantitative estimate of drug-likeness (QED) is 0.455. The van der Waals surface area contributed by atoms with E-state index in [-0.39, 0.29) is 17.9 Å². The first-order chi connectivity index (χ1) is 13.6. The maximum atomic E-state index is 14.3. The topological polar surface area (TPSA) is 9.23 Å². The molecule has 0 bridgehead atoms. The van der Waals surface area contributed by atoms with Gasteiger partial charge in [0.1, 0.15) is 11.6 Å². The van der Waals surface area contributed by atoms with Crippen LogP contribution in [0.1, 0.15) is 61.6 Å². The highest BCUT2D eigenvalue weighted by molar-refractivity contribution is 5.32. The Labute approximate surface area is 165 Å². The fourth-order valence-corrected chi connectivity index (χ4v) is 3.85. The summed E-state index contributed by atoms with van der Waals surface area (Å²) in [5.41, 5.74) is -1.53. The fraction of sp³-hybridized carbons (Fsp3) is 0.455. The third-order valence-corrected chi connectivity index (χ3v) is 5.63. The van der Waals surface area contributed by atoms with E-state index in [4.69, 9.17) is 0 Å². The molecule has 0 spiro atoms. The first-order valence-electron chi connectivity index (χ1n) is 9.64. The number of halogens is 6. The molecular formula is C22H22F6O. The molecule has 158 valence electrons. The Balaban J connectivity index is 1.70. The van der Waals surface area contributed by atoms with E-state index < -0.39 is 29.2 Å². The van der Waals surface area contributed by atoms with Gasteiger partial charge in [-0.15, -0.1) is 0 Å². The van der Waals surface area contributed by atoms with Crippen LogP contribution in [0.4, 0.5) is 26.3 Å². The summed E-state index contributed by atoms with van der Waals surface area (Å²) in [6.07, 6.45) is -3.34. The van der Waals surface area contributed by atoms with E-state index >= 15 is 0 Å². The van der Waals surface area contributed by atoms with Crippen molar-refractivity contribution in [2.75, 3.05) is 0 Å². The lowest BCUT2D eigenvalue weighted by atomic mass is 9.78. The van der Waals surface area contributed by atoms with E-state index in [0.29, 0.717) is 12.0 Å². The van der Waals surface area contributed by atoms with Gasteiger partial charge in [-0.1, -0.05) is 25.5 Å². The van der Waals surface area contributed by atoms with Gasteiger partial charge in [-0.05, 0) is 73.4 Å². The zero-order valence-electron chi connectivity index (χ0n) is 15.9. The summed E-state index contributed by atoms with van der Waals surface area (Å²) in [4.78, 5) is 0. The molecule has 0 aliphatic heterocycles. The molecule has 0 atom stereocenters. The van der Waals surface area contributed by atoms with Crippen molar-refractivity contribution in [3.05, 3.63) is 65.0 Å². The molecule has 0 radical (unpaired) electrons. The van der Waals surface area contributed by atoms with Crippen molar-refractivity contribution in [3.63, 3.8) is 0 Å². The van der Waals surface area contributed by atoms with Crippen LogP contribution in [0.25, 0.3) is 0 Å². The van der Waals surface area contributed by atoms with Gasteiger partial charge in [0.05, 0.1) is 11.1 Å². The average Bonchev–Trinajstić information content (AvgIpc) is 2.67. The van der Waals surface area contributed by atoms with Gasteiger partial charge in [0, 0.05) is 0 Å². The maximum absolute atomic E-state index is 14.3. The first kappa shape index (κ1) is 21.5. The van der Waals surface area contributed by atoms with Crippen LogP contribution >= 0.6 is 0 Å². The molecule has 0 saturated heterocycles. The van der Waals surface area contributed by atoms with Gasteiger partial charge in [0.2, 0.25) is 0 Å². The molecule has 2 aromatic carbocycles. The minimum absolute atomic E-state index is 0.138. The number of hydrogen-bond donors (Lipinski definition) is 0. The Bertz CT molecular complexity index is 820. The minimum Gasteiger partial charge on any atom is -0.429 e. The van der Waals surface area contributed by atoms with Crippen LogP contribution in [0.3, 0.4) is 0 Å². The molecule has 1 fully saturated rings. The van der Waals surface area contributed by atoms with E-state index in [0.717, 1.165) is 37.2 Å². The van der Waals surface area contributed by atoms with Crippen LogP contribution in [0, 0.1) is 11.7 Å². The molecule has 0 N–H and O–H groups in total. The van der Waals surface area contributed by atoms with Gasteiger partial charge < -0.3 is 4.74 Å². The number of alkyl halides is 5. The van der Waals surface area contributed by atoms with Crippen LogP contribution in [0.2, 0.25) is 0 Å². The van der Waals surface area contributed by atoms with Crippen LogP contribution in [0.15, 0.2) is 42.5 Å². The van der Waals surface area contributed by atoms with E-state index in [1.54, 1.807) is 12.1 Å². The maximum Gasteiger partial charge on any atom is 0.426 e. The van der Waals surface area contributed by atoms with Gasteiger partial charge in [-0.3, -0.25) is 0 Å². The molecule has 1 saturated carbocycles. The van der Waals surface area contributed by atoms with Crippen molar-refractivity contribution < 1.29 is 31.1 Å². The van der Waals surface area contributed by atoms with Crippen molar-refractivity contribution in [3.8, 4) is 5.75 Å². The molecule has 1 nitrogen and oxygen atoms in total. The lowest BCUT2D eigenvalue weighted by Crippen LogP contribution is -2.23. The molecular weight excluding hydrogens is 394 g/mol. The molecule has 2 aromatic rings. The Morgan fingerprint density at radius 2 is 1.52 bits per heavy atom. The third kappa shape index (κ3) is 5.06. The van der Waals surface area contributed by atoms with Crippen molar-refractivity contribution >= 4 is 0 Å². The predicted molar refractivity (Wildman–Crippen MR) is 97.4 cm³/mol. The number of ether oxygens (including phenoxy) is 1. The molecule has 0 heterocycles. The lowest BCUT2D eigenvalue weighted by Gasteiger charge is -2.28. The first-order valence-corrected chi connectivity index (χ1v) is 9.64. The SMILES string of the molecule is CCC1CCC(c2ccc(OC(F)(F)c3ccc(C(F)(F)F)c(F)c3)cc2)CC1. The van der Waals surface area contributed by atoms with Crippen LogP contribution in [-0.2, 0) is 12.3 Å². The second kappa shape index (κ2) is 8.28. The monoisotopic (exact) mass is 416 g/mol. The fourth-order valence-electron chi connectivity index (χ4n) is 3.85. The number of benzene rings is 2. The summed E-state index contributed by atoms with van der Waals surface area (Å²) in [5, 5.41) is 0. The molecule has 0 amide bonds. The Morgan fingerprint density at radius 3 is 2.03 bits per heavy atom. The second-order valence-corrected chi connectivity index (χ2v) is 7.51. The van der Waals surface area contributed by atoms with Crippen LogP contribution < -0.4 is 4.74 Å². The molecule has 1 aliphatic carbocycles. The standard InChI is InChI=1S/C22H22F6O/c1-2-14-3-5-15(6-4-14)16-7-10-18(11-8-16)29-22(27,28)17-9-12-19(20(23)13-17)21(24,25)26/h7-15H,2-6H2,1H3. The average molecular weight is 416 g/mol. The van der Waals surface area contributed by atoms with Crippen molar-refractivity contribution in [1.82, 2.24) is 0 Å².